The van der Waals surface area contributed by atoms with Gasteiger partial charge in [0.1, 0.15) is 0 Å². The predicted molar refractivity (Wildman–Crippen MR) is 82.9 cm³/mol. The molecule has 2 atom stereocenters. The molecule has 1 aromatic carbocycles. The summed E-state index contributed by atoms with van der Waals surface area (Å²) in [7, 11) is 1.57. The molecule has 6 heteroatoms. The third-order valence-corrected chi connectivity index (χ3v) is 3.87. The van der Waals surface area contributed by atoms with E-state index in [1.54, 1.807) is 30.1 Å². The number of carbonyl (C=O) groups excluding carboxylic acids is 1. The number of aromatic nitrogens is 2. The highest BCUT2D eigenvalue weighted by Crippen LogP contribution is 2.18. The number of aryl methyl sites for hydroxylation is 1. The third kappa shape index (κ3) is 2.50. The van der Waals surface area contributed by atoms with E-state index < -0.39 is 0 Å². The predicted octanol–water partition coefficient (Wildman–Crippen LogP) is 1.18. The number of morpholine rings is 1. The van der Waals surface area contributed by atoms with E-state index in [4.69, 9.17) is 4.74 Å². The molecule has 1 saturated heterocycles. The Bertz CT molecular complexity index is 774. The van der Waals surface area contributed by atoms with Crippen LogP contribution in [0.25, 0.3) is 10.8 Å². The van der Waals surface area contributed by atoms with Gasteiger partial charge in [0.2, 0.25) is 0 Å². The van der Waals surface area contributed by atoms with Gasteiger partial charge in [-0.25, -0.2) is 4.68 Å². The first-order valence-corrected chi connectivity index (χ1v) is 7.38. The van der Waals surface area contributed by atoms with Crippen molar-refractivity contribution in [1.82, 2.24) is 14.7 Å². The molecule has 116 valence electrons. The Labute approximate surface area is 128 Å². The van der Waals surface area contributed by atoms with Crippen molar-refractivity contribution in [3.63, 3.8) is 0 Å². The maximum Gasteiger partial charge on any atom is 0.275 e. The molecule has 0 bridgehead atoms. The number of hydrogen-bond acceptors (Lipinski definition) is 4. The van der Waals surface area contributed by atoms with E-state index in [9.17, 15) is 9.59 Å². The van der Waals surface area contributed by atoms with Crippen LogP contribution in [0, 0.1) is 0 Å². The second-order valence-electron chi connectivity index (χ2n) is 5.79. The first kappa shape index (κ1) is 14.7. The lowest BCUT2D eigenvalue weighted by Crippen LogP contribution is -2.48. The standard InChI is InChI=1S/C16H19N3O3/c1-10-8-19(9-11(2)22-10)16(21)14-12-6-4-5-7-13(12)15(20)18(3)17-14/h4-7,10-11H,8-9H2,1-3H3. The SMILES string of the molecule is CC1CN(C(=O)c2nn(C)c(=O)c3ccccc23)CC(C)O1. The summed E-state index contributed by atoms with van der Waals surface area (Å²) >= 11 is 0. The fourth-order valence-corrected chi connectivity index (χ4v) is 2.95. The molecule has 6 nitrogen and oxygen atoms in total. The van der Waals surface area contributed by atoms with Gasteiger partial charge in [-0.1, -0.05) is 18.2 Å². The summed E-state index contributed by atoms with van der Waals surface area (Å²) in [6.07, 6.45) is -0.0157. The van der Waals surface area contributed by atoms with Crippen molar-refractivity contribution in [3.05, 3.63) is 40.3 Å². The number of nitrogens with zero attached hydrogens (tertiary/aromatic N) is 3. The molecule has 1 aliphatic rings. The number of ether oxygens (including phenoxy) is 1. The number of amides is 1. The Morgan fingerprint density at radius 2 is 1.77 bits per heavy atom. The minimum atomic E-state index is -0.198. The number of benzene rings is 1. The van der Waals surface area contributed by atoms with Crippen molar-refractivity contribution in [1.29, 1.82) is 0 Å². The van der Waals surface area contributed by atoms with Gasteiger partial charge in [-0.15, -0.1) is 0 Å². The van der Waals surface area contributed by atoms with Crippen LogP contribution in [-0.2, 0) is 11.8 Å². The van der Waals surface area contributed by atoms with Gasteiger partial charge >= 0.3 is 0 Å². The molecule has 1 aliphatic heterocycles. The summed E-state index contributed by atoms with van der Waals surface area (Å²) in [5.74, 6) is -0.159. The lowest BCUT2D eigenvalue weighted by molar-refractivity contribution is -0.0587. The summed E-state index contributed by atoms with van der Waals surface area (Å²) in [4.78, 5) is 26.7. The molecule has 0 aliphatic carbocycles. The van der Waals surface area contributed by atoms with E-state index >= 15 is 0 Å². The average molecular weight is 301 g/mol. The molecule has 0 spiro atoms. The number of carbonyl (C=O) groups is 1. The lowest BCUT2D eigenvalue weighted by atomic mass is 10.1. The Kier molecular flexibility index (Phi) is 3.70. The zero-order valence-corrected chi connectivity index (χ0v) is 12.9. The monoisotopic (exact) mass is 301 g/mol. The van der Waals surface area contributed by atoms with Crippen molar-refractivity contribution < 1.29 is 9.53 Å². The molecule has 2 aromatic rings. The summed E-state index contributed by atoms with van der Waals surface area (Å²) in [5, 5.41) is 5.31. The van der Waals surface area contributed by atoms with Gasteiger partial charge in [-0.2, -0.15) is 5.10 Å². The van der Waals surface area contributed by atoms with E-state index in [0.29, 0.717) is 29.6 Å². The van der Waals surface area contributed by atoms with Crippen LogP contribution in [0.15, 0.2) is 29.1 Å². The van der Waals surface area contributed by atoms with E-state index in [0.717, 1.165) is 0 Å². The highest BCUT2D eigenvalue weighted by molar-refractivity contribution is 6.04. The minimum absolute atomic E-state index is 0.00787. The molecule has 1 amide bonds. The summed E-state index contributed by atoms with van der Waals surface area (Å²) in [6, 6.07) is 7.09. The normalized spacial score (nSPS) is 22.0. The molecular formula is C16H19N3O3. The van der Waals surface area contributed by atoms with E-state index in [-0.39, 0.29) is 23.7 Å². The molecule has 1 fully saturated rings. The van der Waals surface area contributed by atoms with Crippen molar-refractivity contribution in [2.45, 2.75) is 26.1 Å². The fraction of sp³-hybridized carbons (Fsp3) is 0.438. The van der Waals surface area contributed by atoms with Crippen LogP contribution in [0.3, 0.4) is 0 Å². The zero-order chi connectivity index (χ0) is 15.9. The Balaban J connectivity index is 2.08. The second-order valence-corrected chi connectivity index (χ2v) is 5.79. The van der Waals surface area contributed by atoms with Crippen LogP contribution < -0.4 is 5.56 Å². The van der Waals surface area contributed by atoms with Gasteiger partial charge in [0.15, 0.2) is 5.69 Å². The molecule has 3 rings (SSSR count). The number of hydrogen-bond donors (Lipinski definition) is 0. The Hall–Kier alpha value is -2.21. The first-order chi connectivity index (χ1) is 10.5. The average Bonchev–Trinajstić information content (AvgIpc) is 2.49. The van der Waals surface area contributed by atoms with Gasteiger partial charge in [-0.3, -0.25) is 9.59 Å². The maximum absolute atomic E-state index is 12.9. The van der Waals surface area contributed by atoms with E-state index in [1.165, 1.54) is 4.68 Å². The van der Waals surface area contributed by atoms with Crippen LogP contribution in [0.1, 0.15) is 24.3 Å². The topological polar surface area (TPSA) is 64.4 Å². The maximum atomic E-state index is 12.9. The molecule has 0 N–H and O–H groups in total. The first-order valence-electron chi connectivity index (χ1n) is 7.38. The van der Waals surface area contributed by atoms with Crippen molar-refractivity contribution in [2.24, 2.45) is 7.05 Å². The highest BCUT2D eigenvalue weighted by atomic mass is 16.5. The molecular weight excluding hydrogens is 282 g/mol. The van der Waals surface area contributed by atoms with Crippen molar-refractivity contribution in [3.8, 4) is 0 Å². The molecule has 1 aromatic heterocycles. The highest BCUT2D eigenvalue weighted by Gasteiger charge is 2.28. The molecule has 0 saturated carbocycles. The molecule has 2 unspecified atom stereocenters. The van der Waals surface area contributed by atoms with Gasteiger partial charge in [0, 0.05) is 25.5 Å². The minimum Gasteiger partial charge on any atom is -0.372 e. The van der Waals surface area contributed by atoms with Crippen LogP contribution >= 0.6 is 0 Å². The molecule has 0 radical (unpaired) electrons. The number of fused-ring (bicyclic) bond motifs is 1. The van der Waals surface area contributed by atoms with E-state index in [1.807, 2.05) is 19.9 Å². The number of rotatable bonds is 1. The van der Waals surface area contributed by atoms with Crippen molar-refractivity contribution in [2.75, 3.05) is 13.1 Å². The Morgan fingerprint density at radius 1 is 1.18 bits per heavy atom. The second kappa shape index (κ2) is 5.53. The van der Waals surface area contributed by atoms with Gasteiger partial charge in [0.05, 0.1) is 17.6 Å². The largest absolute Gasteiger partial charge is 0.372 e. The third-order valence-electron chi connectivity index (χ3n) is 3.87. The zero-order valence-electron chi connectivity index (χ0n) is 12.9. The Morgan fingerprint density at radius 3 is 2.41 bits per heavy atom. The summed E-state index contributed by atoms with van der Waals surface area (Å²) in [5.41, 5.74) is 0.120. The van der Waals surface area contributed by atoms with E-state index in [2.05, 4.69) is 5.10 Å². The van der Waals surface area contributed by atoms with Crippen LogP contribution in [0.4, 0.5) is 0 Å². The smallest absolute Gasteiger partial charge is 0.275 e. The van der Waals surface area contributed by atoms with Gasteiger partial charge < -0.3 is 9.64 Å². The van der Waals surface area contributed by atoms with Crippen molar-refractivity contribution >= 4 is 16.7 Å². The lowest BCUT2D eigenvalue weighted by Gasteiger charge is -2.35. The fourth-order valence-electron chi connectivity index (χ4n) is 2.95. The quantitative estimate of drug-likeness (QED) is 0.793. The molecule has 2 heterocycles. The summed E-state index contributed by atoms with van der Waals surface area (Å²) in [6.45, 7) is 4.95. The van der Waals surface area contributed by atoms with Crippen LogP contribution in [0.2, 0.25) is 0 Å². The van der Waals surface area contributed by atoms with Crippen LogP contribution in [-0.4, -0.2) is 45.9 Å². The summed E-state index contributed by atoms with van der Waals surface area (Å²) < 4.78 is 6.89. The molecule has 22 heavy (non-hydrogen) atoms. The van der Waals surface area contributed by atoms with Crippen LogP contribution in [0.5, 0.6) is 0 Å². The van der Waals surface area contributed by atoms with Gasteiger partial charge in [-0.05, 0) is 19.9 Å². The van der Waals surface area contributed by atoms with Gasteiger partial charge in [0.25, 0.3) is 11.5 Å².